The van der Waals surface area contributed by atoms with Crippen LogP contribution >= 0.6 is 0 Å². The van der Waals surface area contributed by atoms with E-state index >= 15 is 4.39 Å². The highest BCUT2D eigenvalue weighted by Gasteiger charge is 2.39. The molecule has 1 aliphatic carbocycles. The quantitative estimate of drug-likeness (QED) is 0.634. The first-order valence-electron chi connectivity index (χ1n) is 10.5. The van der Waals surface area contributed by atoms with E-state index in [0.717, 1.165) is 48.0 Å². The third kappa shape index (κ3) is 3.94. The average Bonchev–Trinajstić information content (AvgIpc) is 3.34. The van der Waals surface area contributed by atoms with Gasteiger partial charge >= 0.3 is 0 Å². The van der Waals surface area contributed by atoms with Crippen LogP contribution in [0.15, 0.2) is 30.9 Å². The number of hydrogen-bond donors (Lipinski definition) is 2. The number of aryl methyl sites for hydroxylation is 1. The zero-order valence-electron chi connectivity index (χ0n) is 17.2. The van der Waals surface area contributed by atoms with E-state index in [1.54, 1.807) is 10.9 Å². The lowest BCUT2D eigenvalue weighted by Crippen LogP contribution is -2.42. The lowest BCUT2D eigenvalue weighted by atomic mass is 9.79. The minimum absolute atomic E-state index is 0.155. The Bertz CT molecular complexity index is 951. The normalized spacial score (nSPS) is 22.6. The van der Waals surface area contributed by atoms with Crippen molar-refractivity contribution >= 4 is 11.0 Å². The van der Waals surface area contributed by atoms with Gasteiger partial charge in [0.05, 0.1) is 12.8 Å². The van der Waals surface area contributed by atoms with Crippen LogP contribution < -0.4 is 0 Å². The number of nitrogens with one attached hydrogen (secondary N) is 1. The Morgan fingerprint density at radius 2 is 2.10 bits per heavy atom. The maximum atomic E-state index is 16.0. The second kappa shape index (κ2) is 8.24. The van der Waals surface area contributed by atoms with E-state index in [4.69, 9.17) is 0 Å². The molecular formula is C22H30FN5O. The number of fused-ring (bicyclic) bond motifs is 1. The third-order valence-corrected chi connectivity index (χ3v) is 6.23. The summed E-state index contributed by atoms with van der Waals surface area (Å²) in [5.41, 5.74) is 2.07. The summed E-state index contributed by atoms with van der Waals surface area (Å²) in [5, 5.41) is 14.5. The molecular weight excluding hydrogens is 369 g/mol. The van der Waals surface area contributed by atoms with Gasteiger partial charge in [0.2, 0.25) is 0 Å². The molecule has 0 atom stereocenters. The number of rotatable bonds is 7. The Kier molecular flexibility index (Phi) is 5.69. The number of aliphatic hydroxyl groups is 1. The first kappa shape index (κ1) is 20.0. The summed E-state index contributed by atoms with van der Waals surface area (Å²) in [7, 11) is 1.88. The Morgan fingerprint density at radius 1 is 1.31 bits per heavy atom. The van der Waals surface area contributed by atoms with E-state index in [9.17, 15) is 5.11 Å². The van der Waals surface area contributed by atoms with E-state index in [0.29, 0.717) is 31.0 Å². The van der Waals surface area contributed by atoms with Crippen LogP contribution in [-0.4, -0.2) is 55.5 Å². The van der Waals surface area contributed by atoms with Crippen molar-refractivity contribution in [2.24, 2.45) is 7.05 Å². The molecule has 1 aliphatic rings. The maximum Gasteiger partial charge on any atom is 0.137 e. The predicted octanol–water partition coefficient (Wildman–Crippen LogP) is 3.78. The van der Waals surface area contributed by atoms with Crippen molar-refractivity contribution in [2.45, 2.75) is 50.7 Å². The van der Waals surface area contributed by atoms with Crippen LogP contribution in [0.1, 0.15) is 44.6 Å². The lowest BCUT2D eigenvalue weighted by molar-refractivity contribution is 0.0438. The SMILES string of the molecule is CCCN(CCO)[C@H]1CC[C@](F)(c2cnc3[nH]cc(-c4cnn(C)c4)c3c2)CC1. The number of aromatic amines is 1. The van der Waals surface area contributed by atoms with Crippen LogP contribution in [0.2, 0.25) is 0 Å². The largest absolute Gasteiger partial charge is 0.395 e. The molecule has 2 N–H and O–H groups in total. The molecule has 3 aromatic heterocycles. The summed E-state index contributed by atoms with van der Waals surface area (Å²) in [6, 6.07) is 2.31. The van der Waals surface area contributed by atoms with Gasteiger partial charge in [0.15, 0.2) is 0 Å². The Morgan fingerprint density at radius 3 is 2.76 bits per heavy atom. The molecule has 0 unspecified atom stereocenters. The number of alkyl halides is 1. The highest BCUT2D eigenvalue weighted by Crippen LogP contribution is 2.43. The van der Waals surface area contributed by atoms with Gasteiger partial charge in [-0.1, -0.05) is 6.92 Å². The molecule has 0 aromatic carbocycles. The van der Waals surface area contributed by atoms with Gasteiger partial charge in [0.1, 0.15) is 11.3 Å². The van der Waals surface area contributed by atoms with E-state index in [1.807, 2.05) is 31.7 Å². The van der Waals surface area contributed by atoms with Crippen LogP contribution in [-0.2, 0) is 12.7 Å². The van der Waals surface area contributed by atoms with E-state index in [2.05, 4.69) is 26.9 Å². The van der Waals surface area contributed by atoms with Gasteiger partial charge in [-0.2, -0.15) is 5.10 Å². The van der Waals surface area contributed by atoms with Gasteiger partial charge in [0, 0.05) is 60.3 Å². The molecule has 0 spiro atoms. The Labute approximate surface area is 170 Å². The summed E-state index contributed by atoms with van der Waals surface area (Å²) in [5.74, 6) is 0. The Balaban J connectivity index is 1.57. The fourth-order valence-corrected chi connectivity index (χ4v) is 4.65. The van der Waals surface area contributed by atoms with Crippen LogP contribution in [0, 0.1) is 0 Å². The number of halogens is 1. The molecule has 1 fully saturated rings. The zero-order valence-corrected chi connectivity index (χ0v) is 17.2. The summed E-state index contributed by atoms with van der Waals surface area (Å²) in [4.78, 5) is 10.0. The first-order chi connectivity index (χ1) is 14.0. The van der Waals surface area contributed by atoms with Crippen molar-refractivity contribution in [3.8, 4) is 11.1 Å². The minimum Gasteiger partial charge on any atom is -0.395 e. The smallest absolute Gasteiger partial charge is 0.137 e. The highest BCUT2D eigenvalue weighted by molar-refractivity contribution is 5.93. The fraction of sp³-hybridized carbons (Fsp3) is 0.545. The van der Waals surface area contributed by atoms with Crippen LogP contribution in [0.3, 0.4) is 0 Å². The topological polar surface area (TPSA) is 70.0 Å². The molecule has 3 heterocycles. The molecule has 29 heavy (non-hydrogen) atoms. The molecule has 1 saturated carbocycles. The molecule has 156 valence electrons. The lowest BCUT2D eigenvalue weighted by Gasteiger charge is -2.39. The molecule has 0 radical (unpaired) electrons. The van der Waals surface area contributed by atoms with Crippen molar-refractivity contribution in [1.29, 1.82) is 0 Å². The van der Waals surface area contributed by atoms with Gasteiger partial charge in [0.25, 0.3) is 0 Å². The van der Waals surface area contributed by atoms with Gasteiger partial charge < -0.3 is 10.1 Å². The molecule has 4 rings (SSSR count). The summed E-state index contributed by atoms with van der Waals surface area (Å²) in [6.07, 6.45) is 11.0. The molecule has 6 nitrogen and oxygen atoms in total. The predicted molar refractivity (Wildman–Crippen MR) is 112 cm³/mol. The highest BCUT2D eigenvalue weighted by atomic mass is 19.1. The number of H-pyrrole nitrogens is 1. The van der Waals surface area contributed by atoms with Crippen LogP contribution in [0.25, 0.3) is 22.2 Å². The number of aromatic nitrogens is 4. The zero-order chi connectivity index (χ0) is 20.4. The van der Waals surface area contributed by atoms with Gasteiger partial charge in [-0.3, -0.25) is 9.58 Å². The summed E-state index contributed by atoms with van der Waals surface area (Å²) >= 11 is 0. The molecule has 3 aromatic rings. The van der Waals surface area contributed by atoms with Crippen molar-refractivity contribution in [2.75, 3.05) is 19.7 Å². The molecule has 7 heteroatoms. The van der Waals surface area contributed by atoms with Crippen molar-refractivity contribution in [3.63, 3.8) is 0 Å². The fourth-order valence-electron chi connectivity index (χ4n) is 4.65. The molecule has 0 aliphatic heterocycles. The number of nitrogens with zero attached hydrogens (tertiary/aromatic N) is 4. The van der Waals surface area contributed by atoms with Gasteiger partial charge in [-0.25, -0.2) is 9.37 Å². The first-order valence-corrected chi connectivity index (χ1v) is 10.5. The monoisotopic (exact) mass is 399 g/mol. The Hall–Kier alpha value is -2.25. The van der Waals surface area contributed by atoms with Gasteiger partial charge in [-0.15, -0.1) is 0 Å². The van der Waals surface area contributed by atoms with Gasteiger partial charge in [-0.05, 0) is 44.7 Å². The number of aliphatic hydroxyl groups excluding tert-OH is 1. The maximum absolute atomic E-state index is 16.0. The van der Waals surface area contributed by atoms with Crippen LogP contribution in [0.5, 0.6) is 0 Å². The van der Waals surface area contributed by atoms with E-state index in [1.165, 1.54) is 0 Å². The summed E-state index contributed by atoms with van der Waals surface area (Å²) < 4.78 is 17.7. The van der Waals surface area contributed by atoms with E-state index in [-0.39, 0.29) is 6.61 Å². The second-order valence-electron chi connectivity index (χ2n) is 8.18. The standard InChI is InChI=1S/C22H30FN5O/c1-3-8-28(9-10-29)18-4-6-22(23,7-5-18)17-11-19-20(14-25-21(19)24-13-17)16-12-26-27(2)15-16/h11-15,18,29H,3-10H2,1-2H3,(H,24,25)/t18-,22+. The third-order valence-electron chi connectivity index (χ3n) is 6.23. The molecule has 0 bridgehead atoms. The van der Waals surface area contributed by atoms with Crippen molar-refractivity contribution in [3.05, 3.63) is 36.4 Å². The number of pyridine rings is 1. The van der Waals surface area contributed by atoms with E-state index < -0.39 is 5.67 Å². The minimum atomic E-state index is -1.35. The number of hydrogen-bond acceptors (Lipinski definition) is 4. The van der Waals surface area contributed by atoms with Crippen molar-refractivity contribution in [1.82, 2.24) is 24.6 Å². The molecule has 0 amide bonds. The second-order valence-corrected chi connectivity index (χ2v) is 8.18. The average molecular weight is 400 g/mol. The van der Waals surface area contributed by atoms with Crippen LogP contribution in [0.4, 0.5) is 4.39 Å². The molecule has 0 saturated heterocycles. The van der Waals surface area contributed by atoms with Crippen molar-refractivity contribution < 1.29 is 9.50 Å². The summed E-state index contributed by atoms with van der Waals surface area (Å²) in [6.45, 7) is 3.92.